The number of nitriles is 1. The second-order valence-corrected chi connectivity index (χ2v) is 5.42. The Morgan fingerprint density at radius 1 is 1.24 bits per heavy atom. The highest BCUT2D eigenvalue weighted by Crippen LogP contribution is 2.11. The van der Waals surface area contributed by atoms with E-state index in [-0.39, 0.29) is 0 Å². The third-order valence-corrected chi connectivity index (χ3v) is 3.54. The van der Waals surface area contributed by atoms with Crippen LogP contribution in [0.1, 0.15) is 16.8 Å². The number of aromatic nitrogens is 3. The summed E-state index contributed by atoms with van der Waals surface area (Å²) in [5.41, 5.74) is 3.65. The molecule has 104 valence electrons. The van der Waals surface area contributed by atoms with Gasteiger partial charge in [-0.15, -0.1) is 0 Å². The summed E-state index contributed by atoms with van der Waals surface area (Å²) in [6, 6.07) is 9.74. The second kappa shape index (κ2) is 6.04. The summed E-state index contributed by atoms with van der Waals surface area (Å²) in [6.07, 6.45) is 5.46. The zero-order chi connectivity index (χ0) is 14.7. The molecule has 5 nitrogen and oxygen atoms in total. The molecule has 0 fully saturated rings. The summed E-state index contributed by atoms with van der Waals surface area (Å²) in [7, 11) is 0. The molecule has 0 spiro atoms. The predicted molar refractivity (Wildman–Crippen MR) is 82.4 cm³/mol. The Kier molecular flexibility index (Phi) is 3.95. The Morgan fingerprint density at radius 2 is 2.14 bits per heavy atom. The standard InChI is InChI=1S/C15H12BrN5/c16-14-10-21-13(8-20-15(21)9-19-14)7-18-6-12-3-1-2-11(4-12)5-17/h1-4,8-10,18H,6-7H2. The molecule has 0 unspecified atom stereocenters. The number of nitrogens with one attached hydrogen (secondary N) is 1. The van der Waals surface area contributed by atoms with E-state index in [1.807, 2.05) is 35.0 Å². The van der Waals surface area contributed by atoms with Crippen LogP contribution >= 0.6 is 15.9 Å². The molecule has 0 aliphatic carbocycles. The van der Waals surface area contributed by atoms with Gasteiger partial charge in [-0.2, -0.15) is 5.26 Å². The molecule has 0 radical (unpaired) electrons. The monoisotopic (exact) mass is 341 g/mol. The van der Waals surface area contributed by atoms with Gasteiger partial charge in [0.15, 0.2) is 5.65 Å². The van der Waals surface area contributed by atoms with Crippen LogP contribution in [0.5, 0.6) is 0 Å². The van der Waals surface area contributed by atoms with Crippen molar-refractivity contribution in [1.29, 1.82) is 5.26 Å². The maximum Gasteiger partial charge on any atom is 0.155 e. The average Bonchev–Trinajstić information content (AvgIpc) is 2.90. The van der Waals surface area contributed by atoms with Crippen LogP contribution in [-0.4, -0.2) is 14.4 Å². The Bertz CT molecular complexity index is 818. The van der Waals surface area contributed by atoms with E-state index in [4.69, 9.17) is 5.26 Å². The van der Waals surface area contributed by atoms with Gasteiger partial charge in [0.2, 0.25) is 0 Å². The van der Waals surface area contributed by atoms with Gasteiger partial charge in [-0.1, -0.05) is 12.1 Å². The summed E-state index contributed by atoms with van der Waals surface area (Å²) in [5.74, 6) is 0. The molecular weight excluding hydrogens is 330 g/mol. The minimum atomic E-state index is 0.680. The van der Waals surface area contributed by atoms with Crippen LogP contribution in [-0.2, 0) is 13.1 Å². The predicted octanol–water partition coefficient (Wildman–Crippen LogP) is 2.65. The summed E-state index contributed by atoms with van der Waals surface area (Å²) in [5, 5.41) is 12.3. The highest BCUT2D eigenvalue weighted by Gasteiger charge is 2.04. The summed E-state index contributed by atoms with van der Waals surface area (Å²) in [6.45, 7) is 1.39. The summed E-state index contributed by atoms with van der Waals surface area (Å²) >= 11 is 3.36. The zero-order valence-electron chi connectivity index (χ0n) is 11.1. The molecule has 1 aromatic carbocycles. The van der Waals surface area contributed by atoms with E-state index in [1.165, 1.54) is 0 Å². The quantitative estimate of drug-likeness (QED) is 0.792. The Balaban J connectivity index is 1.69. The van der Waals surface area contributed by atoms with Crippen molar-refractivity contribution in [2.45, 2.75) is 13.1 Å². The molecule has 3 aromatic rings. The first-order valence-corrected chi connectivity index (χ1v) is 7.23. The van der Waals surface area contributed by atoms with Gasteiger partial charge >= 0.3 is 0 Å². The lowest BCUT2D eigenvalue weighted by atomic mass is 10.1. The molecule has 0 aliphatic heterocycles. The Labute approximate surface area is 130 Å². The van der Waals surface area contributed by atoms with E-state index in [0.717, 1.165) is 21.5 Å². The van der Waals surface area contributed by atoms with E-state index in [1.54, 1.807) is 12.3 Å². The molecule has 2 heterocycles. The number of nitrogens with zero attached hydrogens (tertiary/aromatic N) is 4. The van der Waals surface area contributed by atoms with Crippen LogP contribution in [0.2, 0.25) is 0 Å². The summed E-state index contributed by atoms with van der Waals surface area (Å²) in [4.78, 5) is 8.46. The number of hydrogen-bond acceptors (Lipinski definition) is 4. The molecule has 0 saturated heterocycles. The van der Waals surface area contributed by atoms with Crippen molar-refractivity contribution in [2.24, 2.45) is 0 Å². The first-order valence-electron chi connectivity index (χ1n) is 6.43. The Hall–Kier alpha value is -2.23. The highest BCUT2D eigenvalue weighted by atomic mass is 79.9. The van der Waals surface area contributed by atoms with Gasteiger partial charge in [0.1, 0.15) is 4.60 Å². The van der Waals surface area contributed by atoms with Crippen molar-refractivity contribution in [1.82, 2.24) is 19.7 Å². The van der Waals surface area contributed by atoms with E-state index in [2.05, 4.69) is 37.3 Å². The molecule has 0 atom stereocenters. The van der Waals surface area contributed by atoms with Crippen LogP contribution in [0.4, 0.5) is 0 Å². The van der Waals surface area contributed by atoms with Crippen molar-refractivity contribution >= 4 is 21.6 Å². The third kappa shape index (κ3) is 3.10. The lowest BCUT2D eigenvalue weighted by Crippen LogP contribution is -2.14. The van der Waals surface area contributed by atoms with Crippen LogP contribution in [0.3, 0.4) is 0 Å². The third-order valence-electron chi connectivity index (χ3n) is 3.13. The van der Waals surface area contributed by atoms with E-state index in [0.29, 0.717) is 18.7 Å². The van der Waals surface area contributed by atoms with E-state index in [9.17, 15) is 0 Å². The van der Waals surface area contributed by atoms with Crippen LogP contribution in [0, 0.1) is 11.3 Å². The number of benzene rings is 1. The number of imidazole rings is 1. The maximum atomic E-state index is 8.89. The molecule has 0 saturated carbocycles. The average molecular weight is 342 g/mol. The lowest BCUT2D eigenvalue weighted by Gasteiger charge is -2.05. The van der Waals surface area contributed by atoms with Gasteiger partial charge < -0.3 is 5.32 Å². The lowest BCUT2D eigenvalue weighted by molar-refractivity contribution is 0.675. The molecule has 6 heteroatoms. The van der Waals surface area contributed by atoms with E-state index < -0.39 is 0 Å². The van der Waals surface area contributed by atoms with Gasteiger partial charge in [0, 0.05) is 19.3 Å². The minimum absolute atomic E-state index is 0.680. The van der Waals surface area contributed by atoms with Gasteiger partial charge in [-0.25, -0.2) is 9.97 Å². The van der Waals surface area contributed by atoms with Crippen molar-refractivity contribution < 1.29 is 0 Å². The smallest absolute Gasteiger partial charge is 0.155 e. The van der Waals surface area contributed by atoms with Crippen LogP contribution in [0.15, 0.2) is 47.5 Å². The van der Waals surface area contributed by atoms with E-state index >= 15 is 0 Å². The number of rotatable bonds is 4. The number of fused-ring (bicyclic) bond motifs is 1. The van der Waals surface area contributed by atoms with Crippen LogP contribution in [0.25, 0.3) is 5.65 Å². The van der Waals surface area contributed by atoms with Crippen LogP contribution < -0.4 is 5.32 Å². The fraction of sp³-hybridized carbons (Fsp3) is 0.133. The fourth-order valence-corrected chi connectivity index (χ4v) is 2.44. The zero-order valence-corrected chi connectivity index (χ0v) is 12.7. The van der Waals surface area contributed by atoms with Gasteiger partial charge in [-0.3, -0.25) is 4.40 Å². The molecule has 21 heavy (non-hydrogen) atoms. The molecule has 1 N–H and O–H groups in total. The molecule has 0 bridgehead atoms. The Morgan fingerprint density at radius 3 is 3.00 bits per heavy atom. The van der Waals surface area contributed by atoms with Gasteiger partial charge in [0.05, 0.1) is 29.7 Å². The van der Waals surface area contributed by atoms with Crippen molar-refractivity contribution in [3.05, 3.63) is 64.3 Å². The molecule has 0 aliphatic rings. The first-order chi connectivity index (χ1) is 10.3. The van der Waals surface area contributed by atoms with Gasteiger partial charge in [-0.05, 0) is 33.6 Å². The highest BCUT2D eigenvalue weighted by molar-refractivity contribution is 9.10. The molecule has 2 aromatic heterocycles. The van der Waals surface area contributed by atoms with Gasteiger partial charge in [0.25, 0.3) is 0 Å². The normalized spacial score (nSPS) is 10.7. The first kappa shape index (κ1) is 13.7. The number of hydrogen-bond donors (Lipinski definition) is 1. The fourth-order valence-electron chi connectivity index (χ4n) is 2.13. The van der Waals surface area contributed by atoms with Crippen molar-refractivity contribution in [2.75, 3.05) is 0 Å². The second-order valence-electron chi connectivity index (χ2n) is 4.60. The number of halogens is 1. The molecule has 0 amide bonds. The topological polar surface area (TPSA) is 66.0 Å². The molecular formula is C15H12BrN5. The molecule has 3 rings (SSSR count). The largest absolute Gasteiger partial charge is 0.307 e. The summed E-state index contributed by atoms with van der Waals surface area (Å²) < 4.78 is 2.77. The minimum Gasteiger partial charge on any atom is -0.307 e. The SMILES string of the molecule is N#Cc1cccc(CNCc2cnc3cnc(Br)cn23)c1. The maximum absolute atomic E-state index is 8.89. The van der Waals surface area contributed by atoms with Crippen molar-refractivity contribution in [3.8, 4) is 6.07 Å². The van der Waals surface area contributed by atoms with Crippen molar-refractivity contribution in [3.63, 3.8) is 0 Å².